The Morgan fingerprint density at radius 1 is 1.20 bits per heavy atom. The van der Waals surface area contributed by atoms with Crippen molar-refractivity contribution in [2.45, 2.75) is 45.4 Å². The molecule has 0 fully saturated rings. The van der Waals surface area contributed by atoms with Crippen LogP contribution < -0.4 is 5.32 Å². The fourth-order valence-corrected chi connectivity index (χ4v) is 2.63. The first-order valence-corrected chi connectivity index (χ1v) is 7.31. The number of fused-ring (bicyclic) bond motifs is 1. The summed E-state index contributed by atoms with van der Waals surface area (Å²) >= 11 is 0. The number of hydrogen-bond acceptors (Lipinski definition) is 4. The van der Waals surface area contributed by atoms with Gasteiger partial charge in [-0.2, -0.15) is 0 Å². The molecule has 0 radical (unpaired) electrons. The van der Waals surface area contributed by atoms with E-state index in [1.165, 1.54) is 24.2 Å². The van der Waals surface area contributed by atoms with E-state index in [0.29, 0.717) is 5.92 Å². The highest BCUT2D eigenvalue weighted by atomic mass is 15.2. The molecule has 3 rings (SSSR count). The number of hydrogen-bond donors (Lipinski definition) is 1. The minimum atomic E-state index is 0.307. The van der Waals surface area contributed by atoms with Gasteiger partial charge in [-0.25, -0.2) is 15.0 Å². The number of nitrogens with one attached hydrogen (secondary N) is 1. The zero-order valence-corrected chi connectivity index (χ0v) is 12.3. The minimum absolute atomic E-state index is 0.307. The van der Waals surface area contributed by atoms with Crippen LogP contribution in [-0.2, 0) is 12.8 Å². The molecule has 0 aliphatic heterocycles. The summed E-state index contributed by atoms with van der Waals surface area (Å²) in [6.07, 6.45) is 6.56. The zero-order valence-electron chi connectivity index (χ0n) is 12.3. The summed E-state index contributed by atoms with van der Waals surface area (Å²) in [6, 6.07) is 1.99. The Labute approximate surface area is 119 Å². The molecule has 2 aromatic heterocycles. The molecule has 1 N–H and O–H groups in total. The van der Waals surface area contributed by atoms with Crippen LogP contribution in [0.4, 0.5) is 5.82 Å². The van der Waals surface area contributed by atoms with Crippen LogP contribution in [0.25, 0.3) is 5.82 Å². The number of anilines is 1. The average molecular weight is 271 g/mol. The molecule has 5 heteroatoms. The number of aryl methyl sites for hydroxylation is 1. The van der Waals surface area contributed by atoms with Gasteiger partial charge in [-0.3, -0.25) is 4.57 Å². The largest absolute Gasteiger partial charge is 0.373 e. The van der Waals surface area contributed by atoms with Gasteiger partial charge in [0.25, 0.3) is 0 Å². The van der Waals surface area contributed by atoms with E-state index in [-0.39, 0.29) is 0 Å². The predicted molar refractivity (Wildman–Crippen MR) is 79.4 cm³/mol. The normalized spacial score (nSPS) is 14.4. The van der Waals surface area contributed by atoms with Crippen molar-refractivity contribution in [3.63, 3.8) is 0 Å². The quantitative estimate of drug-likeness (QED) is 0.932. The number of imidazole rings is 1. The van der Waals surface area contributed by atoms with Crippen molar-refractivity contribution < 1.29 is 0 Å². The maximum atomic E-state index is 4.70. The maximum Gasteiger partial charge on any atom is 0.143 e. The first-order valence-electron chi connectivity index (χ1n) is 7.31. The molecule has 0 saturated carbocycles. The molecule has 0 unspecified atom stereocenters. The summed E-state index contributed by atoms with van der Waals surface area (Å²) in [5.41, 5.74) is 2.54. The third-order valence-corrected chi connectivity index (χ3v) is 3.78. The smallest absolute Gasteiger partial charge is 0.143 e. The van der Waals surface area contributed by atoms with E-state index < -0.39 is 0 Å². The van der Waals surface area contributed by atoms with Crippen LogP contribution in [-0.4, -0.2) is 26.6 Å². The molecular weight excluding hydrogens is 250 g/mol. The molecular formula is C15H21N5. The Morgan fingerprint density at radius 2 is 2.00 bits per heavy atom. The Morgan fingerprint density at radius 3 is 2.75 bits per heavy atom. The summed E-state index contributed by atoms with van der Waals surface area (Å²) < 4.78 is 2.13. The van der Waals surface area contributed by atoms with Crippen molar-refractivity contribution in [2.75, 3.05) is 12.4 Å². The second-order valence-electron chi connectivity index (χ2n) is 5.59. The summed E-state index contributed by atoms with van der Waals surface area (Å²) in [6.45, 7) is 4.23. The molecule has 2 aromatic rings. The molecule has 1 aliphatic carbocycles. The van der Waals surface area contributed by atoms with Gasteiger partial charge in [0.1, 0.15) is 23.8 Å². The Bertz CT molecular complexity index is 615. The van der Waals surface area contributed by atoms with Crippen molar-refractivity contribution in [3.05, 3.63) is 29.6 Å². The van der Waals surface area contributed by atoms with Crippen LogP contribution in [0.2, 0.25) is 0 Å². The van der Waals surface area contributed by atoms with Crippen LogP contribution in [0.5, 0.6) is 0 Å². The Balaban J connectivity index is 2.09. The Hall–Kier alpha value is -1.91. The summed E-state index contributed by atoms with van der Waals surface area (Å²) in [4.78, 5) is 13.8. The van der Waals surface area contributed by atoms with Crippen molar-refractivity contribution >= 4 is 5.82 Å². The monoisotopic (exact) mass is 271 g/mol. The van der Waals surface area contributed by atoms with Gasteiger partial charge < -0.3 is 5.32 Å². The van der Waals surface area contributed by atoms with Crippen LogP contribution >= 0.6 is 0 Å². The molecule has 0 aromatic carbocycles. The lowest BCUT2D eigenvalue weighted by Crippen LogP contribution is -2.11. The van der Waals surface area contributed by atoms with E-state index >= 15 is 0 Å². The van der Waals surface area contributed by atoms with Crippen molar-refractivity contribution in [1.29, 1.82) is 0 Å². The second kappa shape index (κ2) is 5.23. The summed E-state index contributed by atoms with van der Waals surface area (Å²) in [7, 11) is 1.89. The van der Waals surface area contributed by atoms with Gasteiger partial charge in [-0.15, -0.1) is 0 Å². The van der Waals surface area contributed by atoms with Gasteiger partial charge in [0, 0.05) is 24.7 Å². The zero-order chi connectivity index (χ0) is 14.1. The third-order valence-electron chi connectivity index (χ3n) is 3.78. The summed E-state index contributed by atoms with van der Waals surface area (Å²) in [5.74, 6) is 2.95. The third kappa shape index (κ3) is 2.28. The van der Waals surface area contributed by atoms with E-state index in [4.69, 9.17) is 4.98 Å². The van der Waals surface area contributed by atoms with Crippen molar-refractivity contribution in [1.82, 2.24) is 19.5 Å². The molecule has 5 nitrogen and oxygen atoms in total. The lowest BCUT2D eigenvalue weighted by molar-refractivity contribution is 0.652. The van der Waals surface area contributed by atoms with E-state index in [2.05, 4.69) is 33.7 Å². The van der Waals surface area contributed by atoms with Crippen LogP contribution in [0.15, 0.2) is 12.4 Å². The minimum Gasteiger partial charge on any atom is -0.373 e. The maximum absolute atomic E-state index is 4.70. The van der Waals surface area contributed by atoms with Gasteiger partial charge in [-0.05, 0) is 25.7 Å². The standard InChI is InChI=1S/C15H21N5/c1-10(2)15-18-13(16-3)8-14(19-15)20-9-17-11-6-4-5-7-12(11)20/h8-10H,4-7H2,1-3H3,(H,16,18,19). The molecule has 0 bridgehead atoms. The highest BCUT2D eigenvalue weighted by Crippen LogP contribution is 2.24. The first-order chi connectivity index (χ1) is 9.69. The number of rotatable bonds is 3. The highest BCUT2D eigenvalue weighted by Gasteiger charge is 2.18. The molecule has 106 valence electrons. The molecule has 0 spiro atoms. The fraction of sp³-hybridized carbons (Fsp3) is 0.533. The second-order valence-corrected chi connectivity index (χ2v) is 5.59. The summed E-state index contributed by atoms with van der Waals surface area (Å²) in [5, 5.41) is 3.12. The lowest BCUT2D eigenvalue weighted by Gasteiger charge is -2.15. The van der Waals surface area contributed by atoms with Crippen LogP contribution in [0.1, 0.15) is 49.8 Å². The van der Waals surface area contributed by atoms with Gasteiger partial charge >= 0.3 is 0 Å². The molecule has 1 aliphatic rings. The van der Waals surface area contributed by atoms with Gasteiger partial charge in [0.2, 0.25) is 0 Å². The molecule has 2 heterocycles. The van der Waals surface area contributed by atoms with E-state index in [9.17, 15) is 0 Å². The van der Waals surface area contributed by atoms with Gasteiger partial charge in [0.15, 0.2) is 0 Å². The molecule has 0 atom stereocenters. The van der Waals surface area contributed by atoms with Crippen LogP contribution in [0, 0.1) is 0 Å². The molecule has 0 amide bonds. The van der Waals surface area contributed by atoms with Gasteiger partial charge in [-0.1, -0.05) is 13.8 Å². The lowest BCUT2D eigenvalue weighted by atomic mass is 10.0. The average Bonchev–Trinajstić information content (AvgIpc) is 2.90. The fourth-order valence-electron chi connectivity index (χ4n) is 2.63. The van der Waals surface area contributed by atoms with Gasteiger partial charge in [0.05, 0.1) is 5.69 Å². The predicted octanol–water partition coefficient (Wildman–Crippen LogP) is 2.71. The topological polar surface area (TPSA) is 55.6 Å². The van der Waals surface area contributed by atoms with Crippen molar-refractivity contribution in [3.8, 4) is 5.82 Å². The number of nitrogens with zero attached hydrogens (tertiary/aromatic N) is 4. The van der Waals surface area contributed by atoms with Crippen molar-refractivity contribution in [2.24, 2.45) is 0 Å². The first kappa shape index (κ1) is 13.1. The SMILES string of the molecule is CNc1cc(-n2cnc3c2CCCC3)nc(C(C)C)n1. The van der Waals surface area contributed by atoms with E-state index in [1.54, 1.807) is 0 Å². The molecule has 0 saturated heterocycles. The number of aromatic nitrogens is 4. The van der Waals surface area contributed by atoms with E-state index in [1.807, 2.05) is 19.4 Å². The highest BCUT2D eigenvalue weighted by molar-refractivity contribution is 5.43. The molecule has 20 heavy (non-hydrogen) atoms. The Kier molecular flexibility index (Phi) is 3.42. The van der Waals surface area contributed by atoms with Crippen LogP contribution in [0.3, 0.4) is 0 Å². The van der Waals surface area contributed by atoms with E-state index in [0.717, 1.165) is 30.3 Å².